The van der Waals surface area contributed by atoms with Gasteiger partial charge in [0, 0.05) is 13.3 Å². The van der Waals surface area contributed by atoms with Gasteiger partial charge in [-0.1, -0.05) is 37.3 Å². The van der Waals surface area contributed by atoms with Crippen molar-refractivity contribution in [3.8, 4) is 0 Å². The number of benzene rings is 1. The number of esters is 1. The second kappa shape index (κ2) is 7.99. The number of hydrogen-bond donors (Lipinski definition) is 1. The number of nitrogens with one attached hydrogen (secondary N) is 1. The molecule has 0 heterocycles. The fourth-order valence-electron chi connectivity index (χ4n) is 1.76. The summed E-state index contributed by atoms with van der Waals surface area (Å²) in [5.74, 6) is -1.66. The molecule has 0 saturated carbocycles. The Labute approximate surface area is 124 Å². The van der Waals surface area contributed by atoms with Crippen molar-refractivity contribution < 1.29 is 19.1 Å². The summed E-state index contributed by atoms with van der Waals surface area (Å²) in [4.78, 5) is 34.8. The molecule has 0 bridgehead atoms. The molecule has 112 valence electrons. The molecule has 0 aliphatic carbocycles. The number of hydrogen-bond acceptors (Lipinski definition) is 4. The summed E-state index contributed by atoms with van der Waals surface area (Å²) in [5, 5.41) is 2.51. The summed E-state index contributed by atoms with van der Waals surface area (Å²) in [7, 11) is 1.28. The lowest BCUT2D eigenvalue weighted by Crippen LogP contribution is -2.27. The van der Waals surface area contributed by atoms with Gasteiger partial charge in [0.05, 0.1) is 18.7 Å². The summed E-state index contributed by atoms with van der Waals surface area (Å²) in [6, 6.07) is 9.16. The molecule has 5 nitrogen and oxygen atoms in total. The zero-order chi connectivity index (χ0) is 15.8. The van der Waals surface area contributed by atoms with Crippen LogP contribution in [0.25, 0.3) is 6.08 Å². The monoisotopic (exact) mass is 289 g/mol. The van der Waals surface area contributed by atoms with Crippen LogP contribution in [0.2, 0.25) is 0 Å². The number of ketones is 1. The van der Waals surface area contributed by atoms with Gasteiger partial charge in [0.2, 0.25) is 5.91 Å². The first kappa shape index (κ1) is 16.6. The first-order valence-electron chi connectivity index (χ1n) is 6.59. The van der Waals surface area contributed by atoms with Gasteiger partial charge < -0.3 is 10.1 Å². The summed E-state index contributed by atoms with van der Waals surface area (Å²) >= 11 is 0. The van der Waals surface area contributed by atoms with Gasteiger partial charge >= 0.3 is 5.97 Å². The molecule has 1 atom stereocenters. The molecule has 0 aromatic heterocycles. The molecule has 1 N–H and O–H groups in total. The van der Waals surface area contributed by atoms with E-state index >= 15 is 0 Å². The second-order valence-corrected chi connectivity index (χ2v) is 4.70. The molecule has 0 aliphatic heterocycles. The van der Waals surface area contributed by atoms with Crippen molar-refractivity contribution in [3.05, 3.63) is 41.6 Å². The van der Waals surface area contributed by atoms with Crippen LogP contribution in [0.15, 0.2) is 36.0 Å². The van der Waals surface area contributed by atoms with Crippen molar-refractivity contribution in [2.45, 2.75) is 20.3 Å². The quantitative estimate of drug-likeness (QED) is 0.641. The Morgan fingerprint density at radius 2 is 1.86 bits per heavy atom. The maximum Gasteiger partial charge on any atom is 0.308 e. The summed E-state index contributed by atoms with van der Waals surface area (Å²) in [6.07, 6.45) is 1.57. The zero-order valence-corrected chi connectivity index (χ0v) is 12.4. The molecule has 0 spiro atoms. The number of carbonyl (C=O) groups excluding carboxylic acids is 3. The van der Waals surface area contributed by atoms with E-state index in [1.165, 1.54) is 14.0 Å². The predicted octanol–water partition coefficient (Wildman–Crippen LogP) is 1.93. The van der Waals surface area contributed by atoms with Crippen molar-refractivity contribution in [3.63, 3.8) is 0 Å². The van der Waals surface area contributed by atoms with Crippen LogP contribution in [0.1, 0.15) is 25.8 Å². The van der Waals surface area contributed by atoms with E-state index in [4.69, 9.17) is 0 Å². The summed E-state index contributed by atoms with van der Waals surface area (Å²) < 4.78 is 4.59. The lowest BCUT2D eigenvalue weighted by molar-refractivity contribution is -0.146. The van der Waals surface area contributed by atoms with Crippen molar-refractivity contribution in [2.24, 2.45) is 5.92 Å². The molecule has 1 aromatic rings. The highest BCUT2D eigenvalue weighted by Crippen LogP contribution is 2.12. The predicted molar refractivity (Wildman–Crippen MR) is 79.0 cm³/mol. The zero-order valence-electron chi connectivity index (χ0n) is 12.4. The summed E-state index contributed by atoms with van der Waals surface area (Å²) in [6.45, 7) is 2.94. The highest BCUT2D eigenvalue weighted by molar-refractivity contribution is 6.03. The Kier molecular flexibility index (Phi) is 6.33. The van der Waals surface area contributed by atoms with Crippen LogP contribution in [0.5, 0.6) is 0 Å². The van der Waals surface area contributed by atoms with Crippen LogP contribution in [0.3, 0.4) is 0 Å². The van der Waals surface area contributed by atoms with Crippen LogP contribution < -0.4 is 5.32 Å². The van der Waals surface area contributed by atoms with Crippen LogP contribution in [-0.2, 0) is 19.1 Å². The molecule has 0 radical (unpaired) electrons. The van der Waals surface area contributed by atoms with E-state index in [2.05, 4.69) is 10.1 Å². The van der Waals surface area contributed by atoms with Crippen LogP contribution in [0.4, 0.5) is 0 Å². The van der Waals surface area contributed by atoms with E-state index in [0.29, 0.717) is 0 Å². The third-order valence-corrected chi connectivity index (χ3v) is 2.82. The van der Waals surface area contributed by atoms with Gasteiger partial charge in [0.15, 0.2) is 5.78 Å². The van der Waals surface area contributed by atoms with Gasteiger partial charge in [0.1, 0.15) is 0 Å². The molecule has 21 heavy (non-hydrogen) atoms. The van der Waals surface area contributed by atoms with E-state index in [9.17, 15) is 14.4 Å². The average Bonchev–Trinajstić information content (AvgIpc) is 2.46. The highest BCUT2D eigenvalue weighted by atomic mass is 16.5. The van der Waals surface area contributed by atoms with Gasteiger partial charge in [-0.15, -0.1) is 0 Å². The number of Topliss-reactive ketones (excluding diaryl/α,β-unsaturated/α-hetero) is 1. The SMILES string of the molecule is COC(=O)[C@H](C)CC(=O)/C(=C\c1ccccc1)NC(C)=O. The first-order chi connectivity index (χ1) is 9.93. The van der Waals surface area contributed by atoms with Gasteiger partial charge in [-0.05, 0) is 11.6 Å². The molecule has 1 aromatic carbocycles. The molecular weight excluding hydrogens is 270 g/mol. The molecule has 0 fully saturated rings. The van der Waals surface area contributed by atoms with Gasteiger partial charge in [-0.3, -0.25) is 14.4 Å². The smallest absolute Gasteiger partial charge is 0.308 e. The Morgan fingerprint density at radius 3 is 2.38 bits per heavy atom. The number of carbonyl (C=O) groups is 3. The molecular formula is C16H19NO4. The van der Waals surface area contributed by atoms with Crippen LogP contribution in [0, 0.1) is 5.92 Å². The minimum atomic E-state index is -0.560. The van der Waals surface area contributed by atoms with E-state index in [1.807, 2.05) is 30.3 Å². The molecule has 1 amide bonds. The van der Waals surface area contributed by atoms with Crippen molar-refractivity contribution >= 4 is 23.7 Å². The lowest BCUT2D eigenvalue weighted by atomic mass is 10.0. The maximum atomic E-state index is 12.2. The van der Waals surface area contributed by atoms with Crippen LogP contribution in [-0.4, -0.2) is 24.8 Å². The molecule has 5 heteroatoms. The van der Waals surface area contributed by atoms with Gasteiger partial charge in [-0.2, -0.15) is 0 Å². The Balaban J connectivity index is 2.92. The van der Waals surface area contributed by atoms with E-state index in [0.717, 1.165) is 5.56 Å². The topological polar surface area (TPSA) is 72.5 Å². The number of amides is 1. The average molecular weight is 289 g/mol. The Morgan fingerprint density at radius 1 is 1.24 bits per heavy atom. The van der Waals surface area contributed by atoms with Gasteiger partial charge in [0.25, 0.3) is 0 Å². The molecule has 1 rings (SSSR count). The molecule has 0 aliphatic rings. The minimum Gasteiger partial charge on any atom is -0.469 e. The molecule has 0 unspecified atom stereocenters. The summed E-state index contributed by atoms with van der Waals surface area (Å²) in [5.41, 5.74) is 0.963. The standard InChI is InChI=1S/C16H19NO4/c1-11(16(20)21-3)9-15(19)14(17-12(2)18)10-13-7-5-4-6-8-13/h4-8,10-11H,9H2,1-3H3,(H,17,18)/b14-10+/t11-/m1/s1. The largest absolute Gasteiger partial charge is 0.469 e. The maximum absolute atomic E-state index is 12.2. The fraction of sp³-hybridized carbons (Fsp3) is 0.312. The second-order valence-electron chi connectivity index (χ2n) is 4.70. The number of allylic oxidation sites excluding steroid dienone is 1. The molecule has 0 saturated heterocycles. The van der Waals surface area contributed by atoms with E-state index in [1.54, 1.807) is 13.0 Å². The lowest BCUT2D eigenvalue weighted by Gasteiger charge is -2.11. The van der Waals surface area contributed by atoms with Gasteiger partial charge in [-0.25, -0.2) is 0 Å². The van der Waals surface area contributed by atoms with Crippen LogP contribution >= 0.6 is 0 Å². The third kappa shape index (κ3) is 5.60. The minimum absolute atomic E-state index is 0.0222. The third-order valence-electron chi connectivity index (χ3n) is 2.82. The Bertz CT molecular complexity index is 549. The van der Waals surface area contributed by atoms with E-state index in [-0.39, 0.29) is 23.8 Å². The first-order valence-corrected chi connectivity index (χ1v) is 6.59. The van der Waals surface area contributed by atoms with Crippen molar-refractivity contribution in [1.82, 2.24) is 5.32 Å². The fourth-order valence-corrected chi connectivity index (χ4v) is 1.76. The normalized spacial score (nSPS) is 12.4. The number of rotatable bonds is 6. The number of methoxy groups -OCH3 is 1. The highest BCUT2D eigenvalue weighted by Gasteiger charge is 2.20. The number of ether oxygens (including phenoxy) is 1. The Hall–Kier alpha value is -2.43. The van der Waals surface area contributed by atoms with Crippen molar-refractivity contribution in [1.29, 1.82) is 0 Å². The van der Waals surface area contributed by atoms with Crippen molar-refractivity contribution in [2.75, 3.05) is 7.11 Å². The van der Waals surface area contributed by atoms with E-state index < -0.39 is 11.9 Å².